The summed E-state index contributed by atoms with van der Waals surface area (Å²) in [5.41, 5.74) is 3.75. The lowest BCUT2D eigenvalue weighted by atomic mass is 10.2. The van der Waals surface area contributed by atoms with Crippen LogP contribution in [0.3, 0.4) is 0 Å². The highest BCUT2D eigenvalue weighted by molar-refractivity contribution is 5.89. The van der Waals surface area contributed by atoms with Crippen molar-refractivity contribution in [1.29, 1.82) is 0 Å². The molecule has 2 aromatic rings. The van der Waals surface area contributed by atoms with Gasteiger partial charge in [0.1, 0.15) is 0 Å². The van der Waals surface area contributed by atoms with Crippen LogP contribution in [0.4, 0.5) is 0 Å². The summed E-state index contributed by atoms with van der Waals surface area (Å²) in [7, 11) is 0. The van der Waals surface area contributed by atoms with E-state index >= 15 is 0 Å². The van der Waals surface area contributed by atoms with Gasteiger partial charge in [0, 0.05) is 29.2 Å². The van der Waals surface area contributed by atoms with Crippen LogP contribution in [0.1, 0.15) is 17.0 Å². The van der Waals surface area contributed by atoms with Crippen molar-refractivity contribution in [3.05, 3.63) is 47.3 Å². The van der Waals surface area contributed by atoms with Gasteiger partial charge < -0.3 is 24.1 Å². The maximum atomic E-state index is 11.8. The SMILES string of the molecule is C#CCNC(=O)COC(=O)/C=C/c1cc(C)n(-c2ccc3c(c2)OCO3)c1C. The maximum absolute atomic E-state index is 11.8. The Kier molecular flexibility index (Phi) is 5.70. The van der Waals surface area contributed by atoms with E-state index in [1.165, 1.54) is 6.08 Å². The van der Waals surface area contributed by atoms with E-state index in [0.717, 1.165) is 28.4 Å². The van der Waals surface area contributed by atoms with E-state index < -0.39 is 11.9 Å². The third-order valence-electron chi connectivity index (χ3n) is 4.22. The number of aromatic nitrogens is 1. The number of fused-ring (bicyclic) bond motifs is 1. The number of ether oxygens (including phenoxy) is 3. The van der Waals surface area contributed by atoms with Gasteiger partial charge in [-0.25, -0.2) is 4.79 Å². The van der Waals surface area contributed by atoms with E-state index in [4.69, 9.17) is 20.6 Å². The van der Waals surface area contributed by atoms with Crippen molar-refractivity contribution in [2.45, 2.75) is 13.8 Å². The Bertz CT molecular complexity index is 981. The van der Waals surface area contributed by atoms with Gasteiger partial charge in [0.05, 0.1) is 6.54 Å². The topological polar surface area (TPSA) is 78.8 Å². The second kappa shape index (κ2) is 8.35. The summed E-state index contributed by atoms with van der Waals surface area (Å²) in [4.78, 5) is 23.2. The molecule has 0 fully saturated rings. The molecule has 0 saturated carbocycles. The van der Waals surface area contributed by atoms with Crippen molar-refractivity contribution in [3.63, 3.8) is 0 Å². The molecule has 0 spiro atoms. The molecular formula is C21H20N2O5. The quantitative estimate of drug-likeness (QED) is 0.472. The molecule has 0 aliphatic carbocycles. The zero-order chi connectivity index (χ0) is 20.1. The summed E-state index contributed by atoms with van der Waals surface area (Å²) in [6, 6.07) is 7.70. The number of nitrogens with zero attached hydrogens (tertiary/aromatic N) is 1. The van der Waals surface area contributed by atoms with Crippen LogP contribution in [0.2, 0.25) is 0 Å². The second-order valence-electron chi connectivity index (χ2n) is 6.12. The number of rotatable bonds is 6. The molecule has 1 N–H and O–H groups in total. The molecule has 2 heterocycles. The largest absolute Gasteiger partial charge is 0.454 e. The molecule has 0 bridgehead atoms. The zero-order valence-corrected chi connectivity index (χ0v) is 15.7. The van der Waals surface area contributed by atoms with Crippen LogP contribution in [0.5, 0.6) is 11.5 Å². The Labute approximate surface area is 162 Å². The molecule has 1 aliphatic rings. The summed E-state index contributed by atoms with van der Waals surface area (Å²) >= 11 is 0. The molecule has 0 radical (unpaired) electrons. The van der Waals surface area contributed by atoms with Gasteiger partial charge in [0.15, 0.2) is 18.1 Å². The fourth-order valence-corrected chi connectivity index (χ4v) is 2.92. The van der Waals surface area contributed by atoms with Crippen molar-refractivity contribution in [3.8, 4) is 29.5 Å². The standard InChI is InChI=1S/C21H20N2O5/c1-4-9-22-20(24)12-26-21(25)8-5-16-10-14(2)23(15(16)3)17-6-7-18-19(11-17)28-13-27-18/h1,5-8,10-11H,9,12-13H2,2-3H3,(H,22,24)/b8-5+. The smallest absolute Gasteiger partial charge is 0.331 e. The molecule has 0 saturated heterocycles. The predicted octanol–water partition coefficient (Wildman–Crippen LogP) is 2.13. The number of carbonyl (C=O) groups excluding carboxylic acids is 2. The Morgan fingerprint density at radius 2 is 2.07 bits per heavy atom. The van der Waals surface area contributed by atoms with Crippen LogP contribution >= 0.6 is 0 Å². The molecule has 1 aliphatic heterocycles. The van der Waals surface area contributed by atoms with E-state index in [1.807, 2.05) is 38.1 Å². The van der Waals surface area contributed by atoms with Crippen LogP contribution in [-0.2, 0) is 14.3 Å². The molecule has 3 rings (SSSR count). The molecule has 28 heavy (non-hydrogen) atoms. The molecule has 0 atom stereocenters. The minimum absolute atomic E-state index is 0.0953. The van der Waals surface area contributed by atoms with E-state index in [1.54, 1.807) is 6.08 Å². The lowest BCUT2D eigenvalue weighted by molar-refractivity contribution is -0.143. The molecule has 7 heteroatoms. The Morgan fingerprint density at radius 1 is 1.29 bits per heavy atom. The zero-order valence-electron chi connectivity index (χ0n) is 15.7. The minimum atomic E-state index is -0.608. The summed E-state index contributed by atoms with van der Waals surface area (Å²) in [6.45, 7) is 3.87. The highest BCUT2D eigenvalue weighted by atomic mass is 16.7. The first-order chi connectivity index (χ1) is 13.5. The van der Waals surface area contributed by atoms with Crippen LogP contribution in [0.15, 0.2) is 30.3 Å². The van der Waals surface area contributed by atoms with Gasteiger partial charge in [-0.1, -0.05) is 5.92 Å². The van der Waals surface area contributed by atoms with Crippen LogP contribution in [0, 0.1) is 26.2 Å². The fraction of sp³-hybridized carbons (Fsp3) is 0.238. The van der Waals surface area contributed by atoms with Gasteiger partial charge >= 0.3 is 5.97 Å². The molecule has 144 valence electrons. The van der Waals surface area contributed by atoms with Crippen LogP contribution in [0.25, 0.3) is 11.8 Å². The number of hydrogen-bond donors (Lipinski definition) is 1. The average Bonchev–Trinajstić information content (AvgIpc) is 3.26. The number of amides is 1. The van der Waals surface area contributed by atoms with Crippen molar-refractivity contribution in [2.75, 3.05) is 19.9 Å². The van der Waals surface area contributed by atoms with E-state index in [-0.39, 0.29) is 19.9 Å². The summed E-state index contributed by atoms with van der Waals surface area (Å²) in [6.07, 6.45) is 8.00. The Hall–Kier alpha value is -3.66. The highest BCUT2D eigenvalue weighted by Gasteiger charge is 2.16. The van der Waals surface area contributed by atoms with Crippen LogP contribution < -0.4 is 14.8 Å². The maximum Gasteiger partial charge on any atom is 0.331 e. The molecule has 1 aromatic heterocycles. The number of carbonyl (C=O) groups is 2. The van der Waals surface area contributed by atoms with Crippen molar-refractivity contribution in [1.82, 2.24) is 9.88 Å². The van der Waals surface area contributed by atoms with Gasteiger partial charge in [0.2, 0.25) is 6.79 Å². The number of esters is 1. The second-order valence-corrected chi connectivity index (χ2v) is 6.12. The Morgan fingerprint density at radius 3 is 2.86 bits per heavy atom. The van der Waals surface area contributed by atoms with E-state index in [9.17, 15) is 9.59 Å². The fourth-order valence-electron chi connectivity index (χ4n) is 2.92. The third kappa shape index (κ3) is 4.18. The number of hydrogen-bond acceptors (Lipinski definition) is 5. The molecular weight excluding hydrogens is 360 g/mol. The number of aryl methyl sites for hydroxylation is 1. The van der Waals surface area contributed by atoms with Gasteiger partial charge in [-0.05, 0) is 43.7 Å². The summed E-state index contributed by atoms with van der Waals surface area (Å²) < 4.78 is 17.7. The molecule has 1 amide bonds. The van der Waals surface area contributed by atoms with E-state index in [2.05, 4.69) is 15.8 Å². The first kappa shape index (κ1) is 19.1. The highest BCUT2D eigenvalue weighted by Crippen LogP contribution is 2.35. The predicted molar refractivity (Wildman–Crippen MR) is 103 cm³/mol. The Balaban J connectivity index is 1.70. The monoisotopic (exact) mass is 380 g/mol. The van der Waals surface area contributed by atoms with E-state index in [0.29, 0.717) is 5.75 Å². The van der Waals surface area contributed by atoms with Gasteiger partial charge in [-0.2, -0.15) is 0 Å². The molecule has 7 nitrogen and oxygen atoms in total. The normalized spacial score (nSPS) is 12.0. The number of nitrogens with one attached hydrogen (secondary N) is 1. The van der Waals surface area contributed by atoms with Gasteiger partial charge in [0.25, 0.3) is 5.91 Å². The molecule has 1 aromatic carbocycles. The van der Waals surface area contributed by atoms with Gasteiger partial charge in [-0.3, -0.25) is 4.79 Å². The van der Waals surface area contributed by atoms with Crippen LogP contribution in [-0.4, -0.2) is 36.4 Å². The summed E-state index contributed by atoms with van der Waals surface area (Å²) in [5, 5.41) is 2.42. The van der Waals surface area contributed by atoms with Gasteiger partial charge in [-0.15, -0.1) is 6.42 Å². The van der Waals surface area contributed by atoms with Crippen molar-refractivity contribution >= 4 is 18.0 Å². The van der Waals surface area contributed by atoms with Crippen molar-refractivity contribution < 1.29 is 23.8 Å². The number of terminal acetylenes is 1. The number of benzene rings is 1. The molecule has 0 unspecified atom stereocenters. The lowest BCUT2D eigenvalue weighted by Crippen LogP contribution is -2.28. The van der Waals surface area contributed by atoms with Crippen molar-refractivity contribution in [2.24, 2.45) is 0 Å². The third-order valence-corrected chi connectivity index (χ3v) is 4.22. The minimum Gasteiger partial charge on any atom is -0.454 e. The first-order valence-corrected chi connectivity index (χ1v) is 8.63. The lowest BCUT2D eigenvalue weighted by Gasteiger charge is -2.10. The average molecular weight is 380 g/mol. The summed E-state index contributed by atoms with van der Waals surface area (Å²) in [5.74, 6) is 2.64. The first-order valence-electron chi connectivity index (χ1n) is 8.63.